The molecule has 4 heteroatoms. The minimum absolute atomic E-state index is 0.0886. The zero-order valence-corrected chi connectivity index (χ0v) is 12.7. The molecular formula is C17H24F3N. The molecule has 0 bridgehead atoms. The van der Waals surface area contributed by atoms with Crippen LogP contribution in [0.5, 0.6) is 0 Å². The van der Waals surface area contributed by atoms with Crippen molar-refractivity contribution < 1.29 is 13.2 Å². The third-order valence-electron chi connectivity index (χ3n) is 4.48. The lowest BCUT2D eigenvalue weighted by Gasteiger charge is -2.23. The Hall–Kier alpha value is -1.03. The van der Waals surface area contributed by atoms with Crippen molar-refractivity contribution in [3.8, 4) is 0 Å². The van der Waals surface area contributed by atoms with E-state index >= 15 is 0 Å². The summed E-state index contributed by atoms with van der Waals surface area (Å²) < 4.78 is 37.7. The van der Waals surface area contributed by atoms with Crippen LogP contribution in [0.25, 0.3) is 0 Å². The summed E-state index contributed by atoms with van der Waals surface area (Å²) in [5.41, 5.74) is 0.335. The van der Waals surface area contributed by atoms with E-state index in [1.807, 2.05) is 6.92 Å². The molecule has 1 saturated carbocycles. The Labute approximate surface area is 124 Å². The minimum atomic E-state index is -4.26. The van der Waals surface area contributed by atoms with Crippen LogP contribution in [0.2, 0.25) is 0 Å². The first-order valence-electron chi connectivity index (χ1n) is 7.79. The van der Waals surface area contributed by atoms with Crippen molar-refractivity contribution in [3.05, 3.63) is 35.4 Å². The van der Waals surface area contributed by atoms with Gasteiger partial charge in [0.05, 0.1) is 5.56 Å². The number of nitrogens with one attached hydrogen (secondary N) is 1. The predicted molar refractivity (Wildman–Crippen MR) is 79.0 cm³/mol. The molecule has 1 fully saturated rings. The normalized spacial score (nSPS) is 25.4. The van der Waals surface area contributed by atoms with Crippen molar-refractivity contribution in [1.82, 2.24) is 5.32 Å². The first kappa shape index (κ1) is 16.3. The predicted octanol–water partition coefficient (Wildman–Crippen LogP) is 5.32. The Morgan fingerprint density at radius 3 is 2.33 bits per heavy atom. The van der Waals surface area contributed by atoms with Gasteiger partial charge in [-0.15, -0.1) is 0 Å². The van der Waals surface area contributed by atoms with Crippen LogP contribution < -0.4 is 5.32 Å². The molecule has 3 unspecified atom stereocenters. The molecule has 118 valence electrons. The Morgan fingerprint density at radius 1 is 1.05 bits per heavy atom. The van der Waals surface area contributed by atoms with E-state index in [9.17, 15) is 13.2 Å². The van der Waals surface area contributed by atoms with Crippen LogP contribution in [0.4, 0.5) is 13.2 Å². The van der Waals surface area contributed by atoms with Gasteiger partial charge in [0.1, 0.15) is 0 Å². The second-order valence-corrected chi connectivity index (χ2v) is 6.32. The smallest absolute Gasteiger partial charge is 0.307 e. The molecule has 1 nitrogen and oxygen atoms in total. The van der Waals surface area contributed by atoms with Gasteiger partial charge in [-0.1, -0.05) is 31.9 Å². The van der Waals surface area contributed by atoms with Gasteiger partial charge in [-0.25, -0.2) is 0 Å². The molecule has 0 aliphatic heterocycles. The Bertz CT molecular complexity index is 438. The largest absolute Gasteiger partial charge is 0.416 e. The van der Waals surface area contributed by atoms with Crippen LogP contribution in [0.1, 0.15) is 63.1 Å². The van der Waals surface area contributed by atoms with Gasteiger partial charge in [-0.3, -0.25) is 0 Å². The number of rotatable bonds is 3. The Balaban J connectivity index is 1.95. The van der Waals surface area contributed by atoms with Gasteiger partial charge in [-0.2, -0.15) is 13.2 Å². The monoisotopic (exact) mass is 299 g/mol. The van der Waals surface area contributed by atoms with Crippen LogP contribution >= 0.6 is 0 Å². The summed E-state index contributed by atoms with van der Waals surface area (Å²) in [5.74, 6) is 0.790. The first-order valence-corrected chi connectivity index (χ1v) is 7.79. The van der Waals surface area contributed by atoms with Crippen LogP contribution in [-0.2, 0) is 6.18 Å². The van der Waals surface area contributed by atoms with Gasteiger partial charge >= 0.3 is 6.18 Å². The molecule has 1 aliphatic carbocycles. The molecule has 0 saturated heterocycles. The van der Waals surface area contributed by atoms with Crippen LogP contribution in [0, 0.1) is 5.92 Å². The average Bonchev–Trinajstić information content (AvgIpc) is 2.63. The fraction of sp³-hybridized carbons (Fsp3) is 0.647. The first-order chi connectivity index (χ1) is 9.86. The lowest BCUT2D eigenvalue weighted by molar-refractivity contribution is -0.137. The highest BCUT2D eigenvalue weighted by Gasteiger charge is 2.30. The van der Waals surface area contributed by atoms with Crippen molar-refractivity contribution in [2.24, 2.45) is 5.92 Å². The third-order valence-corrected chi connectivity index (χ3v) is 4.48. The summed E-state index contributed by atoms with van der Waals surface area (Å²) in [4.78, 5) is 0. The van der Waals surface area contributed by atoms with Crippen LogP contribution in [-0.4, -0.2) is 6.04 Å². The van der Waals surface area contributed by atoms with Crippen molar-refractivity contribution >= 4 is 0 Å². The fourth-order valence-electron chi connectivity index (χ4n) is 3.06. The maximum Gasteiger partial charge on any atom is 0.416 e. The maximum absolute atomic E-state index is 12.6. The summed E-state index contributed by atoms with van der Waals surface area (Å²) in [6.07, 6.45) is 1.82. The van der Waals surface area contributed by atoms with Crippen molar-refractivity contribution in [3.63, 3.8) is 0 Å². The van der Waals surface area contributed by atoms with Gasteiger partial charge in [-0.05, 0) is 49.8 Å². The zero-order chi connectivity index (χ0) is 15.5. The third kappa shape index (κ3) is 4.73. The summed E-state index contributed by atoms with van der Waals surface area (Å²) in [7, 11) is 0. The zero-order valence-electron chi connectivity index (χ0n) is 12.7. The molecule has 0 aromatic heterocycles. The number of benzene rings is 1. The van der Waals surface area contributed by atoms with E-state index in [4.69, 9.17) is 0 Å². The van der Waals surface area contributed by atoms with E-state index < -0.39 is 11.7 Å². The van der Waals surface area contributed by atoms with Crippen molar-refractivity contribution in [2.75, 3.05) is 0 Å². The highest BCUT2D eigenvalue weighted by molar-refractivity contribution is 5.26. The standard InChI is InChI=1S/C17H24F3N/c1-12-4-3-5-16(11-6-12)21-13(2)14-7-9-15(10-8-14)17(18,19)20/h7-10,12-13,16,21H,3-6,11H2,1-2H3. The highest BCUT2D eigenvalue weighted by Crippen LogP contribution is 2.30. The maximum atomic E-state index is 12.6. The molecule has 0 amide bonds. The summed E-state index contributed by atoms with van der Waals surface area (Å²) in [5, 5.41) is 3.57. The molecular weight excluding hydrogens is 275 g/mol. The number of alkyl halides is 3. The molecule has 0 radical (unpaired) electrons. The van der Waals surface area contributed by atoms with E-state index in [2.05, 4.69) is 12.2 Å². The van der Waals surface area contributed by atoms with Gasteiger partial charge in [0.25, 0.3) is 0 Å². The van der Waals surface area contributed by atoms with Crippen LogP contribution in [0.3, 0.4) is 0 Å². The lowest BCUT2D eigenvalue weighted by Crippen LogP contribution is -2.31. The highest BCUT2D eigenvalue weighted by atomic mass is 19.4. The Morgan fingerprint density at radius 2 is 1.71 bits per heavy atom. The van der Waals surface area contributed by atoms with Gasteiger partial charge < -0.3 is 5.32 Å². The number of halogens is 3. The van der Waals surface area contributed by atoms with E-state index in [1.54, 1.807) is 12.1 Å². The van der Waals surface area contributed by atoms with Crippen molar-refractivity contribution in [2.45, 2.75) is 64.2 Å². The van der Waals surface area contributed by atoms with E-state index in [-0.39, 0.29) is 6.04 Å². The average molecular weight is 299 g/mol. The molecule has 21 heavy (non-hydrogen) atoms. The topological polar surface area (TPSA) is 12.0 Å². The van der Waals surface area contributed by atoms with E-state index in [0.29, 0.717) is 6.04 Å². The van der Waals surface area contributed by atoms with Crippen molar-refractivity contribution in [1.29, 1.82) is 0 Å². The second kappa shape index (κ2) is 6.82. The quantitative estimate of drug-likeness (QED) is 0.744. The van der Waals surface area contributed by atoms with Gasteiger partial charge in [0.2, 0.25) is 0 Å². The van der Waals surface area contributed by atoms with Crippen LogP contribution in [0.15, 0.2) is 24.3 Å². The lowest BCUT2D eigenvalue weighted by atomic mass is 10.0. The second-order valence-electron chi connectivity index (χ2n) is 6.32. The summed E-state index contributed by atoms with van der Waals surface area (Å²) in [6, 6.07) is 6.07. The molecule has 0 heterocycles. The van der Waals surface area contributed by atoms with E-state index in [0.717, 1.165) is 24.3 Å². The SMILES string of the molecule is CC1CCCC(NC(C)c2ccc(C(F)(F)F)cc2)CC1. The van der Waals surface area contributed by atoms with E-state index in [1.165, 1.54) is 31.4 Å². The molecule has 0 spiro atoms. The van der Waals surface area contributed by atoms with Gasteiger partial charge in [0.15, 0.2) is 0 Å². The molecule has 1 N–H and O–H groups in total. The van der Waals surface area contributed by atoms with Gasteiger partial charge in [0, 0.05) is 12.1 Å². The Kier molecular flexibility index (Phi) is 5.31. The fourth-order valence-corrected chi connectivity index (χ4v) is 3.06. The number of hydrogen-bond donors (Lipinski definition) is 1. The molecule has 1 aliphatic rings. The molecule has 1 aromatic rings. The number of hydrogen-bond acceptors (Lipinski definition) is 1. The molecule has 3 atom stereocenters. The summed E-state index contributed by atoms with van der Waals surface area (Å²) in [6.45, 7) is 4.32. The summed E-state index contributed by atoms with van der Waals surface area (Å²) >= 11 is 0. The molecule has 1 aromatic carbocycles. The minimum Gasteiger partial charge on any atom is -0.307 e. The molecule has 2 rings (SSSR count).